The van der Waals surface area contributed by atoms with Crippen molar-refractivity contribution in [2.45, 2.75) is 25.8 Å². The minimum atomic E-state index is 0. The quantitative estimate of drug-likeness (QED) is 0.639. The number of carbonyl (C=O) groups excluding carboxylic acids is 1. The molecule has 1 atom stereocenters. The van der Waals surface area contributed by atoms with Crippen LogP contribution in [-0.2, 0) is 4.79 Å². The molecule has 1 amide bonds. The summed E-state index contributed by atoms with van der Waals surface area (Å²) in [7, 11) is 0. The summed E-state index contributed by atoms with van der Waals surface area (Å²) in [5, 5.41) is 6.11. The average molecular weight is 179 g/mol. The fourth-order valence-electron chi connectivity index (χ4n) is 1.11. The fourth-order valence-corrected chi connectivity index (χ4v) is 1.11. The molecule has 1 aliphatic rings. The predicted molar refractivity (Wildman–Crippen MR) is 47.0 cm³/mol. The Morgan fingerprint density at radius 2 is 2.45 bits per heavy atom. The van der Waals surface area contributed by atoms with Crippen molar-refractivity contribution in [2.24, 2.45) is 0 Å². The molecule has 0 aliphatic carbocycles. The number of hydrogen-bond acceptors (Lipinski definition) is 2. The molecule has 1 heterocycles. The van der Waals surface area contributed by atoms with Gasteiger partial charge < -0.3 is 10.6 Å². The van der Waals surface area contributed by atoms with E-state index in [0.29, 0.717) is 12.5 Å². The minimum Gasteiger partial charge on any atom is -0.352 e. The lowest BCUT2D eigenvalue weighted by molar-refractivity contribution is -0.121. The van der Waals surface area contributed by atoms with Crippen molar-refractivity contribution in [3.63, 3.8) is 0 Å². The highest BCUT2D eigenvalue weighted by atomic mass is 35.5. The Bertz CT molecular complexity index is 124. The van der Waals surface area contributed by atoms with Crippen LogP contribution in [0.2, 0.25) is 0 Å². The molecule has 0 saturated carbocycles. The van der Waals surface area contributed by atoms with E-state index in [1.165, 1.54) is 0 Å². The number of halogens is 1. The molecule has 4 heteroatoms. The van der Waals surface area contributed by atoms with Gasteiger partial charge in [0.25, 0.3) is 0 Å². The van der Waals surface area contributed by atoms with Crippen LogP contribution in [-0.4, -0.2) is 25.0 Å². The molecule has 0 radical (unpaired) electrons. The van der Waals surface area contributed by atoms with E-state index in [-0.39, 0.29) is 18.3 Å². The monoisotopic (exact) mass is 178 g/mol. The molecule has 1 rings (SSSR count). The van der Waals surface area contributed by atoms with Gasteiger partial charge in [0.2, 0.25) is 5.91 Å². The number of amides is 1. The number of hydrogen-bond donors (Lipinski definition) is 2. The SMILES string of the molecule is CCC(=O)N[C@H]1CCNC1.Cl. The molecule has 0 aromatic heterocycles. The van der Waals surface area contributed by atoms with Gasteiger partial charge in [-0.25, -0.2) is 0 Å². The highest BCUT2D eigenvalue weighted by Crippen LogP contribution is 1.96. The fraction of sp³-hybridized carbons (Fsp3) is 0.857. The molecule has 0 unspecified atom stereocenters. The van der Waals surface area contributed by atoms with Crippen LogP contribution in [0.15, 0.2) is 0 Å². The van der Waals surface area contributed by atoms with Crippen molar-refractivity contribution in [2.75, 3.05) is 13.1 Å². The third kappa shape index (κ3) is 3.58. The van der Waals surface area contributed by atoms with Crippen LogP contribution in [0, 0.1) is 0 Å². The van der Waals surface area contributed by atoms with Crippen molar-refractivity contribution in [1.29, 1.82) is 0 Å². The highest BCUT2D eigenvalue weighted by molar-refractivity contribution is 5.85. The van der Waals surface area contributed by atoms with Gasteiger partial charge in [-0.05, 0) is 13.0 Å². The third-order valence-electron chi connectivity index (χ3n) is 1.75. The van der Waals surface area contributed by atoms with E-state index in [1.54, 1.807) is 0 Å². The van der Waals surface area contributed by atoms with Crippen molar-refractivity contribution in [3.05, 3.63) is 0 Å². The molecule has 0 bridgehead atoms. The summed E-state index contributed by atoms with van der Waals surface area (Å²) in [6.45, 7) is 3.85. The number of nitrogens with one attached hydrogen (secondary N) is 2. The smallest absolute Gasteiger partial charge is 0.219 e. The zero-order chi connectivity index (χ0) is 7.40. The summed E-state index contributed by atoms with van der Waals surface area (Å²) in [6, 6.07) is 0.382. The zero-order valence-corrected chi connectivity index (χ0v) is 7.54. The number of rotatable bonds is 2. The predicted octanol–water partition coefficient (Wildman–Crippen LogP) is 0.296. The van der Waals surface area contributed by atoms with E-state index in [1.807, 2.05) is 6.92 Å². The second kappa shape index (κ2) is 5.38. The Morgan fingerprint density at radius 1 is 1.73 bits per heavy atom. The van der Waals surface area contributed by atoms with E-state index in [0.717, 1.165) is 19.5 Å². The Kier molecular flexibility index (Phi) is 5.24. The van der Waals surface area contributed by atoms with Crippen molar-refractivity contribution < 1.29 is 4.79 Å². The lowest BCUT2D eigenvalue weighted by atomic mass is 10.2. The molecule has 1 fully saturated rings. The summed E-state index contributed by atoms with van der Waals surface area (Å²) in [5.41, 5.74) is 0. The van der Waals surface area contributed by atoms with Gasteiger partial charge in [0.05, 0.1) is 0 Å². The molecule has 66 valence electrons. The summed E-state index contributed by atoms with van der Waals surface area (Å²) < 4.78 is 0. The maximum Gasteiger partial charge on any atom is 0.219 e. The molecule has 11 heavy (non-hydrogen) atoms. The molecular weight excluding hydrogens is 164 g/mol. The van der Waals surface area contributed by atoms with Crippen LogP contribution in [0.25, 0.3) is 0 Å². The Morgan fingerprint density at radius 3 is 2.91 bits per heavy atom. The summed E-state index contributed by atoms with van der Waals surface area (Å²) >= 11 is 0. The Labute approximate surface area is 73.3 Å². The van der Waals surface area contributed by atoms with Crippen LogP contribution < -0.4 is 10.6 Å². The minimum absolute atomic E-state index is 0. The van der Waals surface area contributed by atoms with E-state index < -0.39 is 0 Å². The van der Waals surface area contributed by atoms with Gasteiger partial charge in [-0.1, -0.05) is 6.92 Å². The molecule has 3 nitrogen and oxygen atoms in total. The van der Waals surface area contributed by atoms with Gasteiger partial charge in [0.15, 0.2) is 0 Å². The Hall–Kier alpha value is -0.280. The molecule has 2 N–H and O–H groups in total. The van der Waals surface area contributed by atoms with Gasteiger partial charge in [-0.2, -0.15) is 0 Å². The molecular formula is C7H15ClN2O. The van der Waals surface area contributed by atoms with Crippen LogP contribution >= 0.6 is 12.4 Å². The molecule has 1 saturated heterocycles. The van der Waals surface area contributed by atoms with E-state index in [9.17, 15) is 4.79 Å². The second-order valence-electron chi connectivity index (χ2n) is 2.61. The van der Waals surface area contributed by atoms with Gasteiger partial charge in [-0.3, -0.25) is 4.79 Å². The molecule has 0 aromatic carbocycles. The van der Waals surface area contributed by atoms with Crippen LogP contribution in [0.3, 0.4) is 0 Å². The lowest BCUT2D eigenvalue weighted by Crippen LogP contribution is -2.35. The van der Waals surface area contributed by atoms with E-state index >= 15 is 0 Å². The maximum absolute atomic E-state index is 10.8. The van der Waals surface area contributed by atoms with Gasteiger partial charge in [0, 0.05) is 19.0 Å². The van der Waals surface area contributed by atoms with E-state index in [2.05, 4.69) is 10.6 Å². The number of carbonyl (C=O) groups is 1. The normalized spacial score (nSPS) is 22.5. The first-order valence-corrected chi connectivity index (χ1v) is 3.83. The summed E-state index contributed by atoms with van der Waals surface area (Å²) in [6.07, 6.45) is 1.67. The van der Waals surface area contributed by atoms with E-state index in [4.69, 9.17) is 0 Å². The third-order valence-corrected chi connectivity index (χ3v) is 1.75. The molecule has 1 aliphatic heterocycles. The van der Waals surface area contributed by atoms with Crippen LogP contribution in [0.5, 0.6) is 0 Å². The summed E-state index contributed by atoms with van der Waals surface area (Å²) in [5.74, 6) is 0.161. The van der Waals surface area contributed by atoms with Gasteiger partial charge in [-0.15, -0.1) is 12.4 Å². The average Bonchev–Trinajstić information content (AvgIpc) is 2.40. The molecule has 0 aromatic rings. The van der Waals surface area contributed by atoms with Crippen LogP contribution in [0.4, 0.5) is 0 Å². The standard InChI is InChI=1S/C7H14N2O.ClH/c1-2-7(10)9-6-3-4-8-5-6;/h6,8H,2-5H2,1H3,(H,9,10);1H/t6-;/m0./s1. The largest absolute Gasteiger partial charge is 0.352 e. The highest BCUT2D eigenvalue weighted by Gasteiger charge is 2.14. The summed E-state index contributed by atoms with van der Waals surface area (Å²) in [4.78, 5) is 10.8. The Balaban J connectivity index is 0.000001000. The van der Waals surface area contributed by atoms with Crippen molar-refractivity contribution >= 4 is 18.3 Å². The van der Waals surface area contributed by atoms with Gasteiger partial charge >= 0.3 is 0 Å². The maximum atomic E-state index is 10.8. The topological polar surface area (TPSA) is 41.1 Å². The van der Waals surface area contributed by atoms with Crippen molar-refractivity contribution in [3.8, 4) is 0 Å². The van der Waals surface area contributed by atoms with Gasteiger partial charge in [0.1, 0.15) is 0 Å². The lowest BCUT2D eigenvalue weighted by Gasteiger charge is -2.08. The first kappa shape index (κ1) is 10.7. The molecule has 0 spiro atoms. The zero-order valence-electron chi connectivity index (χ0n) is 6.72. The van der Waals surface area contributed by atoms with Crippen LogP contribution in [0.1, 0.15) is 19.8 Å². The first-order chi connectivity index (χ1) is 4.83. The first-order valence-electron chi connectivity index (χ1n) is 3.83. The second-order valence-corrected chi connectivity index (χ2v) is 2.61. The van der Waals surface area contributed by atoms with Crippen molar-refractivity contribution in [1.82, 2.24) is 10.6 Å².